The first-order valence-electron chi connectivity index (χ1n) is 8.48. The normalized spacial score (nSPS) is 13.7. The summed E-state index contributed by atoms with van der Waals surface area (Å²) < 4.78 is 66.0. The second-order valence-corrected chi connectivity index (χ2v) is 9.11. The monoisotopic (exact) mass is 448 g/mol. The molecule has 0 saturated heterocycles. The first kappa shape index (κ1) is 23.4. The smallest absolute Gasteiger partial charge is 0.387 e. The molecule has 1 amide bonds. The maximum Gasteiger partial charge on any atom is 0.387 e. The molecule has 1 aromatic heterocycles. The molecule has 8 nitrogen and oxygen atoms in total. The maximum atomic E-state index is 14.6. The average molecular weight is 448 g/mol. The van der Waals surface area contributed by atoms with Crippen LogP contribution in [0.3, 0.4) is 0 Å². The fourth-order valence-electron chi connectivity index (χ4n) is 2.68. The van der Waals surface area contributed by atoms with Crippen molar-refractivity contribution >= 4 is 15.7 Å². The van der Waals surface area contributed by atoms with Crippen molar-refractivity contribution in [3.63, 3.8) is 0 Å². The molecule has 0 spiro atoms. The number of hydrogen-bond donors (Lipinski definition) is 2. The summed E-state index contributed by atoms with van der Waals surface area (Å²) in [6.07, 6.45) is 1.24. The summed E-state index contributed by atoms with van der Waals surface area (Å²) in [6.45, 7) is -2.26. The van der Waals surface area contributed by atoms with Crippen LogP contribution >= 0.6 is 0 Å². The molecule has 2 N–H and O–H groups in total. The number of carbonyl (C=O) groups excluding carboxylic acids is 1. The summed E-state index contributed by atoms with van der Waals surface area (Å²) in [5, 5.41) is 8.82. The van der Waals surface area contributed by atoms with E-state index in [-0.39, 0.29) is 23.4 Å². The highest BCUT2D eigenvalue weighted by Crippen LogP contribution is 2.25. The maximum absolute atomic E-state index is 14.6. The lowest BCUT2D eigenvalue weighted by Gasteiger charge is -2.25. The SMILES string of the molecule is CC(CCn1cc(F)c(-c2ccc(OC(F)F)cc2)cc1=O)(C(=O)NO)S(C)(=O)=O. The zero-order chi connectivity index (χ0) is 22.7. The van der Waals surface area contributed by atoms with E-state index in [1.807, 2.05) is 0 Å². The van der Waals surface area contributed by atoms with Gasteiger partial charge in [-0.3, -0.25) is 14.8 Å². The quantitative estimate of drug-likeness (QED) is 0.471. The molecule has 164 valence electrons. The second kappa shape index (κ2) is 8.88. The fraction of sp³-hybridized carbons (Fsp3) is 0.333. The van der Waals surface area contributed by atoms with E-state index in [1.54, 1.807) is 0 Å². The van der Waals surface area contributed by atoms with E-state index in [2.05, 4.69) is 4.74 Å². The molecule has 0 aliphatic heterocycles. The minimum Gasteiger partial charge on any atom is -0.435 e. The van der Waals surface area contributed by atoms with Gasteiger partial charge in [0.1, 0.15) is 11.6 Å². The van der Waals surface area contributed by atoms with Crippen molar-refractivity contribution in [2.45, 2.75) is 31.2 Å². The van der Waals surface area contributed by atoms with Gasteiger partial charge in [0.2, 0.25) is 0 Å². The van der Waals surface area contributed by atoms with Gasteiger partial charge in [-0.1, -0.05) is 12.1 Å². The Labute approximate surface area is 169 Å². The fourth-order valence-corrected chi connectivity index (χ4v) is 3.52. The summed E-state index contributed by atoms with van der Waals surface area (Å²) >= 11 is 0. The molecular weight excluding hydrogens is 429 g/mol. The molecule has 1 aromatic carbocycles. The third-order valence-corrected chi connectivity index (χ3v) is 6.72. The van der Waals surface area contributed by atoms with Crippen LogP contribution in [0.1, 0.15) is 13.3 Å². The Morgan fingerprint density at radius 2 is 1.90 bits per heavy atom. The van der Waals surface area contributed by atoms with Crippen molar-refractivity contribution in [2.75, 3.05) is 6.26 Å². The lowest BCUT2D eigenvalue weighted by Crippen LogP contribution is -2.50. The van der Waals surface area contributed by atoms with Gasteiger partial charge in [-0.05, 0) is 31.0 Å². The predicted octanol–water partition coefficient (Wildman–Crippen LogP) is 1.95. The summed E-state index contributed by atoms with van der Waals surface area (Å²) in [5.74, 6) is -2.14. The number of rotatable bonds is 8. The number of hydroxylamine groups is 1. The van der Waals surface area contributed by atoms with Gasteiger partial charge in [0.25, 0.3) is 11.5 Å². The van der Waals surface area contributed by atoms with Crippen molar-refractivity contribution in [1.82, 2.24) is 10.0 Å². The highest BCUT2D eigenvalue weighted by molar-refractivity contribution is 7.92. The van der Waals surface area contributed by atoms with E-state index in [0.29, 0.717) is 0 Å². The molecule has 0 radical (unpaired) electrons. The van der Waals surface area contributed by atoms with E-state index >= 15 is 0 Å². The number of amides is 1. The first-order valence-corrected chi connectivity index (χ1v) is 10.4. The molecule has 0 bridgehead atoms. The Morgan fingerprint density at radius 3 is 2.40 bits per heavy atom. The van der Waals surface area contributed by atoms with Crippen LogP contribution in [0.2, 0.25) is 0 Å². The molecule has 1 unspecified atom stereocenters. The number of aryl methyl sites for hydroxylation is 1. The average Bonchev–Trinajstić information content (AvgIpc) is 2.66. The number of sulfone groups is 1. The number of alkyl halides is 2. The van der Waals surface area contributed by atoms with Crippen LogP contribution in [-0.4, -0.2) is 41.7 Å². The van der Waals surface area contributed by atoms with Crippen LogP contribution in [-0.2, 0) is 21.2 Å². The number of halogens is 3. The Balaban J connectivity index is 2.30. The Morgan fingerprint density at radius 1 is 1.30 bits per heavy atom. The van der Waals surface area contributed by atoms with Crippen LogP contribution in [0.4, 0.5) is 13.2 Å². The highest BCUT2D eigenvalue weighted by Gasteiger charge is 2.43. The van der Waals surface area contributed by atoms with Gasteiger partial charge in [-0.15, -0.1) is 0 Å². The van der Waals surface area contributed by atoms with Crippen LogP contribution < -0.4 is 15.8 Å². The summed E-state index contributed by atoms with van der Waals surface area (Å²) in [5.41, 5.74) is 0.740. The van der Waals surface area contributed by atoms with Crippen molar-refractivity contribution in [2.24, 2.45) is 0 Å². The van der Waals surface area contributed by atoms with Gasteiger partial charge >= 0.3 is 6.61 Å². The van der Waals surface area contributed by atoms with Gasteiger partial charge in [-0.2, -0.15) is 8.78 Å². The lowest BCUT2D eigenvalue weighted by atomic mass is 10.1. The van der Waals surface area contributed by atoms with E-state index in [9.17, 15) is 31.2 Å². The molecule has 0 saturated carbocycles. The summed E-state index contributed by atoms with van der Waals surface area (Å²) in [7, 11) is -3.98. The first-order chi connectivity index (χ1) is 13.9. The molecule has 1 heterocycles. The van der Waals surface area contributed by atoms with Crippen LogP contribution in [0.5, 0.6) is 5.75 Å². The lowest BCUT2D eigenvalue weighted by molar-refractivity contribution is -0.131. The second-order valence-electron chi connectivity index (χ2n) is 6.66. The minimum absolute atomic E-state index is 0.0983. The zero-order valence-electron chi connectivity index (χ0n) is 15.9. The standard InChI is InChI=1S/C18H19F3N2O6S/c1-18(16(25)22-26,30(2,27)28)7-8-23-10-14(19)13(9-15(23)24)11-3-5-12(6-4-11)29-17(20)21/h3-6,9-10,17,26H,7-8H2,1-2H3,(H,22,25). The number of nitrogens with one attached hydrogen (secondary N) is 1. The number of benzene rings is 1. The number of ether oxygens (including phenoxy) is 1. The number of nitrogens with zero attached hydrogens (tertiary/aromatic N) is 1. The molecule has 1 atom stereocenters. The van der Waals surface area contributed by atoms with Gasteiger partial charge in [-0.25, -0.2) is 18.3 Å². The predicted molar refractivity (Wildman–Crippen MR) is 101 cm³/mol. The largest absolute Gasteiger partial charge is 0.435 e. The van der Waals surface area contributed by atoms with Crippen LogP contribution in [0.25, 0.3) is 11.1 Å². The van der Waals surface area contributed by atoms with Crippen molar-refractivity contribution in [3.8, 4) is 16.9 Å². The third kappa shape index (κ3) is 5.00. The zero-order valence-corrected chi connectivity index (χ0v) is 16.7. The molecule has 0 fully saturated rings. The van der Waals surface area contributed by atoms with Crippen molar-refractivity contribution < 1.29 is 36.3 Å². The van der Waals surface area contributed by atoms with Gasteiger partial charge in [0.05, 0.1) is 0 Å². The Kier molecular flexibility index (Phi) is 6.93. The molecule has 2 rings (SSSR count). The van der Waals surface area contributed by atoms with Crippen molar-refractivity contribution in [3.05, 3.63) is 52.7 Å². The molecule has 12 heteroatoms. The summed E-state index contributed by atoms with van der Waals surface area (Å²) in [4.78, 5) is 24.2. The van der Waals surface area contributed by atoms with Crippen molar-refractivity contribution in [1.29, 1.82) is 0 Å². The van der Waals surface area contributed by atoms with Gasteiger partial charge in [0, 0.05) is 30.6 Å². The van der Waals surface area contributed by atoms with E-state index in [4.69, 9.17) is 5.21 Å². The number of hydrogen-bond acceptors (Lipinski definition) is 6. The summed E-state index contributed by atoms with van der Waals surface area (Å²) in [6, 6.07) is 5.94. The Hall–Kier alpha value is -2.86. The number of carbonyl (C=O) groups is 1. The Bertz CT molecular complexity index is 1090. The van der Waals surface area contributed by atoms with E-state index < -0.39 is 44.9 Å². The molecule has 30 heavy (non-hydrogen) atoms. The molecule has 2 aromatic rings. The topological polar surface area (TPSA) is 115 Å². The van der Waals surface area contributed by atoms with Gasteiger partial charge in [0.15, 0.2) is 14.6 Å². The van der Waals surface area contributed by atoms with E-state index in [0.717, 1.165) is 30.0 Å². The number of pyridine rings is 1. The highest BCUT2D eigenvalue weighted by atomic mass is 32.2. The minimum atomic E-state index is -3.98. The third-order valence-electron chi connectivity index (χ3n) is 4.70. The van der Waals surface area contributed by atoms with Crippen LogP contribution in [0, 0.1) is 5.82 Å². The molecule has 0 aliphatic rings. The van der Waals surface area contributed by atoms with Crippen LogP contribution in [0.15, 0.2) is 41.3 Å². The van der Waals surface area contributed by atoms with Gasteiger partial charge < -0.3 is 9.30 Å². The molecular formula is C18H19F3N2O6S. The number of aromatic nitrogens is 1. The molecule has 0 aliphatic carbocycles. The van der Waals surface area contributed by atoms with E-state index in [1.165, 1.54) is 29.7 Å².